The third kappa shape index (κ3) is 3.00. The van der Waals surface area contributed by atoms with Gasteiger partial charge in [-0.15, -0.1) is 0 Å². The molecule has 0 amide bonds. The average Bonchev–Trinajstić information content (AvgIpc) is 2.89. The van der Waals surface area contributed by atoms with Crippen LogP contribution in [0.3, 0.4) is 0 Å². The number of sulfonamides is 1. The fourth-order valence-electron chi connectivity index (χ4n) is 2.94. The fourth-order valence-corrected chi connectivity index (χ4v) is 4.93. The van der Waals surface area contributed by atoms with E-state index >= 15 is 0 Å². The summed E-state index contributed by atoms with van der Waals surface area (Å²) in [6.45, 7) is 2.03. The molecule has 122 valence electrons. The van der Waals surface area contributed by atoms with Gasteiger partial charge in [-0.05, 0) is 41.0 Å². The molecule has 0 spiro atoms. The number of fused-ring (bicyclic) bond motifs is 1. The Hall–Kier alpha value is -1.44. The van der Waals surface area contributed by atoms with Gasteiger partial charge in [-0.3, -0.25) is 4.79 Å². The number of nitrogens with zero attached hydrogens (tertiary/aromatic N) is 1. The summed E-state index contributed by atoms with van der Waals surface area (Å²) in [6, 6.07) is 10.6. The normalized spacial score (nSPS) is 22.5. The van der Waals surface area contributed by atoms with E-state index in [1.54, 1.807) is 25.1 Å². The Balaban J connectivity index is 1.97. The van der Waals surface area contributed by atoms with E-state index in [4.69, 9.17) is 0 Å². The van der Waals surface area contributed by atoms with E-state index in [0.29, 0.717) is 0 Å². The number of aliphatic carboxylic acids is 1. The van der Waals surface area contributed by atoms with Crippen molar-refractivity contribution in [3.05, 3.63) is 40.9 Å². The second-order valence-corrected chi connectivity index (χ2v) is 8.75. The summed E-state index contributed by atoms with van der Waals surface area (Å²) in [5, 5.41) is 11.0. The van der Waals surface area contributed by atoms with Gasteiger partial charge in [0.2, 0.25) is 10.0 Å². The van der Waals surface area contributed by atoms with Gasteiger partial charge in [0.05, 0.1) is 10.8 Å². The van der Waals surface area contributed by atoms with Crippen LogP contribution in [0.4, 0.5) is 0 Å². The molecule has 5 nitrogen and oxygen atoms in total. The zero-order chi connectivity index (χ0) is 16.8. The minimum atomic E-state index is -3.68. The van der Waals surface area contributed by atoms with Crippen LogP contribution in [0.25, 0.3) is 10.8 Å². The van der Waals surface area contributed by atoms with E-state index in [2.05, 4.69) is 15.9 Å². The molecule has 0 aliphatic carbocycles. The first kappa shape index (κ1) is 16.4. The summed E-state index contributed by atoms with van der Waals surface area (Å²) in [4.78, 5) is 11.4. The van der Waals surface area contributed by atoms with Crippen molar-refractivity contribution in [2.75, 3.05) is 13.1 Å². The molecule has 2 atom stereocenters. The van der Waals surface area contributed by atoms with Crippen LogP contribution in [0, 0.1) is 11.8 Å². The van der Waals surface area contributed by atoms with Crippen LogP contribution in [-0.2, 0) is 14.8 Å². The number of rotatable bonds is 3. The lowest BCUT2D eigenvalue weighted by molar-refractivity contribution is -0.142. The number of hydrogen-bond acceptors (Lipinski definition) is 3. The van der Waals surface area contributed by atoms with E-state index in [1.807, 2.05) is 18.2 Å². The van der Waals surface area contributed by atoms with E-state index < -0.39 is 21.9 Å². The second-order valence-electron chi connectivity index (χ2n) is 5.90. The van der Waals surface area contributed by atoms with Crippen molar-refractivity contribution in [2.24, 2.45) is 11.8 Å². The molecule has 1 aliphatic rings. The molecule has 1 heterocycles. The Kier molecular flexibility index (Phi) is 4.20. The molecule has 0 bridgehead atoms. The van der Waals surface area contributed by atoms with Gasteiger partial charge >= 0.3 is 5.97 Å². The van der Waals surface area contributed by atoms with Gasteiger partial charge < -0.3 is 5.11 Å². The van der Waals surface area contributed by atoms with E-state index in [9.17, 15) is 18.3 Å². The molecule has 2 aromatic rings. The highest BCUT2D eigenvalue weighted by molar-refractivity contribution is 9.10. The van der Waals surface area contributed by atoms with Crippen LogP contribution in [0.2, 0.25) is 0 Å². The number of carbonyl (C=O) groups is 1. The zero-order valence-electron chi connectivity index (χ0n) is 12.4. The Bertz CT molecular complexity index is 881. The van der Waals surface area contributed by atoms with Gasteiger partial charge in [0.25, 0.3) is 0 Å². The molecule has 0 saturated carbocycles. The smallest absolute Gasteiger partial charge is 0.308 e. The number of carboxylic acids is 1. The van der Waals surface area contributed by atoms with Crippen molar-refractivity contribution in [1.29, 1.82) is 0 Å². The minimum absolute atomic E-state index is 0.0250. The van der Waals surface area contributed by atoms with Crippen molar-refractivity contribution in [3.63, 3.8) is 0 Å². The molecule has 2 aromatic carbocycles. The van der Waals surface area contributed by atoms with Crippen LogP contribution < -0.4 is 0 Å². The number of carboxylic acid groups (broad SMARTS) is 1. The lowest BCUT2D eigenvalue weighted by atomic mass is 9.99. The largest absolute Gasteiger partial charge is 0.481 e. The van der Waals surface area contributed by atoms with E-state index in [0.717, 1.165) is 15.2 Å². The Labute approximate surface area is 143 Å². The maximum atomic E-state index is 12.8. The van der Waals surface area contributed by atoms with Gasteiger partial charge in [-0.2, -0.15) is 4.31 Å². The molecule has 0 unspecified atom stereocenters. The summed E-state index contributed by atoms with van der Waals surface area (Å²) in [6.07, 6.45) is 0. The minimum Gasteiger partial charge on any atom is -0.481 e. The first-order valence-corrected chi connectivity index (χ1v) is 9.44. The van der Waals surface area contributed by atoms with Crippen LogP contribution in [-0.4, -0.2) is 36.9 Å². The van der Waals surface area contributed by atoms with Gasteiger partial charge in [0, 0.05) is 17.6 Å². The van der Waals surface area contributed by atoms with Gasteiger partial charge in [-0.25, -0.2) is 8.42 Å². The van der Waals surface area contributed by atoms with Gasteiger partial charge in [-0.1, -0.05) is 35.0 Å². The molecule has 0 radical (unpaired) electrons. The third-order valence-electron chi connectivity index (χ3n) is 4.31. The summed E-state index contributed by atoms with van der Waals surface area (Å²) in [5.41, 5.74) is 0. The highest BCUT2D eigenvalue weighted by Gasteiger charge is 2.40. The highest BCUT2D eigenvalue weighted by Crippen LogP contribution is 2.30. The van der Waals surface area contributed by atoms with Crippen molar-refractivity contribution < 1.29 is 18.3 Å². The van der Waals surface area contributed by atoms with Crippen LogP contribution in [0.5, 0.6) is 0 Å². The molecular weight excluding hydrogens is 382 g/mol. The average molecular weight is 398 g/mol. The first-order valence-electron chi connectivity index (χ1n) is 7.21. The third-order valence-corrected chi connectivity index (χ3v) is 6.63. The lowest BCUT2D eigenvalue weighted by Gasteiger charge is -2.16. The molecule has 3 rings (SSSR count). The van der Waals surface area contributed by atoms with Crippen molar-refractivity contribution in [3.8, 4) is 0 Å². The quantitative estimate of drug-likeness (QED) is 0.863. The maximum Gasteiger partial charge on any atom is 0.308 e. The maximum absolute atomic E-state index is 12.8. The molecule has 23 heavy (non-hydrogen) atoms. The summed E-state index contributed by atoms with van der Waals surface area (Å²) >= 11 is 3.39. The standard InChI is InChI=1S/C16H16BrNO4S/c1-10-8-18(9-15(10)16(19)20)23(21,22)14-5-3-11-6-13(17)4-2-12(11)7-14/h2-7,10,15H,8-9H2,1H3,(H,19,20)/t10-,15-/m1/s1. The second kappa shape index (κ2) is 5.89. The topological polar surface area (TPSA) is 74.7 Å². The van der Waals surface area contributed by atoms with Gasteiger partial charge in [0.1, 0.15) is 0 Å². The Morgan fingerprint density at radius 1 is 1.17 bits per heavy atom. The Morgan fingerprint density at radius 2 is 1.83 bits per heavy atom. The predicted octanol–water partition coefficient (Wildman–Crippen LogP) is 2.94. The SMILES string of the molecule is C[C@@H]1CN(S(=O)(=O)c2ccc3cc(Br)ccc3c2)C[C@H]1C(=O)O. The summed E-state index contributed by atoms with van der Waals surface area (Å²) in [5.74, 6) is -1.79. The molecule has 0 aromatic heterocycles. The van der Waals surface area contributed by atoms with E-state index in [-0.39, 0.29) is 23.9 Å². The molecule has 1 saturated heterocycles. The molecule has 1 aliphatic heterocycles. The molecule has 1 fully saturated rings. The summed E-state index contributed by atoms with van der Waals surface area (Å²) < 4.78 is 27.8. The van der Waals surface area contributed by atoms with Crippen LogP contribution in [0.15, 0.2) is 45.8 Å². The Morgan fingerprint density at radius 3 is 2.48 bits per heavy atom. The fraction of sp³-hybridized carbons (Fsp3) is 0.312. The number of halogens is 1. The monoisotopic (exact) mass is 397 g/mol. The first-order chi connectivity index (χ1) is 10.8. The van der Waals surface area contributed by atoms with Crippen LogP contribution >= 0.6 is 15.9 Å². The zero-order valence-corrected chi connectivity index (χ0v) is 14.8. The van der Waals surface area contributed by atoms with Crippen molar-refractivity contribution in [1.82, 2.24) is 4.31 Å². The predicted molar refractivity (Wildman–Crippen MR) is 90.7 cm³/mol. The molecular formula is C16H16BrNO4S. The van der Waals surface area contributed by atoms with Gasteiger partial charge in [0.15, 0.2) is 0 Å². The lowest BCUT2D eigenvalue weighted by Crippen LogP contribution is -2.30. The summed E-state index contributed by atoms with van der Waals surface area (Å²) in [7, 11) is -3.68. The number of hydrogen-bond donors (Lipinski definition) is 1. The molecule has 1 N–H and O–H groups in total. The van der Waals surface area contributed by atoms with Crippen molar-refractivity contribution in [2.45, 2.75) is 11.8 Å². The number of benzene rings is 2. The van der Waals surface area contributed by atoms with E-state index in [1.165, 1.54) is 4.31 Å². The van der Waals surface area contributed by atoms with Crippen molar-refractivity contribution >= 4 is 42.7 Å². The van der Waals surface area contributed by atoms with Crippen LogP contribution in [0.1, 0.15) is 6.92 Å². The molecule has 7 heteroatoms. The highest BCUT2D eigenvalue weighted by atomic mass is 79.9.